The summed E-state index contributed by atoms with van der Waals surface area (Å²) in [6.07, 6.45) is 3.92. The topological polar surface area (TPSA) is 78.9 Å². The van der Waals surface area contributed by atoms with Crippen LogP contribution in [0.2, 0.25) is 0 Å². The number of carbonyl (C=O) groups is 1. The minimum Gasteiger partial charge on any atom is -0.448 e. The smallest absolute Gasteiger partial charge is 0.275 e. The number of fused-ring (bicyclic) bond motifs is 1. The molecule has 2 aromatic heterocycles. The lowest BCUT2D eigenvalue weighted by molar-refractivity contribution is 0.0741. The van der Waals surface area contributed by atoms with Crippen LogP contribution in [0, 0.1) is 18.3 Å². The van der Waals surface area contributed by atoms with Crippen molar-refractivity contribution in [3.63, 3.8) is 0 Å². The molecule has 0 spiro atoms. The Morgan fingerprint density at radius 1 is 1.31 bits per heavy atom. The maximum absolute atomic E-state index is 12.9. The molecular weight excluding hydrogens is 370 g/mol. The van der Waals surface area contributed by atoms with Crippen LogP contribution in [0.4, 0.5) is 0 Å². The van der Waals surface area contributed by atoms with E-state index in [1.807, 2.05) is 4.90 Å². The fourth-order valence-corrected chi connectivity index (χ4v) is 5.24. The van der Waals surface area contributed by atoms with Gasteiger partial charge in [0, 0.05) is 63.6 Å². The maximum atomic E-state index is 12.9. The van der Waals surface area contributed by atoms with E-state index in [0.717, 1.165) is 50.7 Å². The lowest BCUT2D eigenvalue weighted by atomic mass is 9.80. The van der Waals surface area contributed by atoms with Gasteiger partial charge < -0.3 is 18.7 Å². The summed E-state index contributed by atoms with van der Waals surface area (Å²) in [6, 6.07) is 2.13. The molecule has 0 N–H and O–H groups in total. The highest BCUT2D eigenvalue weighted by Gasteiger charge is 2.53. The molecule has 156 valence electrons. The lowest BCUT2D eigenvalue weighted by Crippen LogP contribution is -2.42. The first kappa shape index (κ1) is 18.8. The number of likely N-dealkylation sites (tertiary alicyclic amines) is 2. The van der Waals surface area contributed by atoms with E-state index in [1.54, 1.807) is 6.92 Å². The molecular formula is C21H29N5O3. The summed E-state index contributed by atoms with van der Waals surface area (Å²) < 4.78 is 10.8. The third-order valence-electron chi connectivity index (χ3n) is 6.53. The highest BCUT2D eigenvalue weighted by Crippen LogP contribution is 2.44. The van der Waals surface area contributed by atoms with Crippen molar-refractivity contribution in [3.05, 3.63) is 35.4 Å². The van der Waals surface area contributed by atoms with Gasteiger partial charge in [-0.1, -0.05) is 5.16 Å². The third-order valence-corrected chi connectivity index (χ3v) is 6.53. The SMILES string of the molecule is Cc1nc(C(=O)N2C[C@@H]3CN(Cc4cc(C5CC5)on4)C[C@]3(CN(C)C)C2)co1. The Labute approximate surface area is 170 Å². The molecule has 3 fully saturated rings. The highest BCUT2D eigenvalue weighted by atomic mass is 16.5. The number of hydrogen-bond donors (Lipinski definition) is 0. The van der Waals surface area contributed by atoms with Gasteiger partial charge in [-0.2, -0.15) is 0 Å². The zero-order valence-electron chi connectivity index (χ0n) is 17.4. The fourth-order valence-electron chi connectivity index (χ4n) is 5.24. The molecule has 0 bridgehead atoms. The lowest BCUT2D eigenvalue weighted by Gasteiger charge is -2.32. The van der Waals surface area contributed by atoms with Crippen LogP contribution in [-0.4, -0.2) is 77.6 Å². The van der Waals surface area contributed by atoms with Gasteiger partial charge in [-0.3, -0.25) is 9.69 Å². The molecule has 1 amide bonds. The summed E-state index contributed by atoms with van der Waals surface area (Å²) in [5, 5.41) is 4.29. The molecule has 2 aromatic rings. The second-order valence-corrected chi connectivity index (χ2v) is 9.40. The molecule has 3 aliphatic rings. The fraction of sp³-hybridized carbons (Fsp3) is 0.667. The number of oxazole rings is 1. The van der Waals surface area contributed by atoms with Crippen molar-refractivity contribution in [2.75, 3.05) is 46.8 Å². The number of rotatable bonds is 6. The van der Waals surface area contributed by atoms with Crippen LogP contribution in [0.1, 0.15) is 46.6 Å². The van der Waals surface area contributed by atoms with E-state index in [2.05, 4.69) is 40.1 Å². The minimum absolute atomic E-state index is 0.0218. The summed E-state index contributed by atoms with van der Waals surface area (Å²) in [4.78, 5) is 23.8. The monoisotopic (exact) mass is 399 g/mol. The molecule has 29 heavy (non-hydrogen) atoms. The number of aryl methyl sites for hydroxylation is 1. The van der Waals surface area contributed by atoms with Gasteiger partial charge in [0.1, 0.15) is 12.0 Å². The first-order valence-corrected chi connectivity index (χ1v) is 10.5. The van der Waals surface area contributed by atoms with Gasteiger partial charge in [-0.15, -0.1) is 0 Å². The maximum Gasteiger partial charge on any atom is 0.275 e. The second-order valence-electron chi connectivity index (χ2n) is 9.40. The first-order chi connectivity index (χ1) is 13.9. The minimum atomic E-state index is -0.0218. The van der Waals surface area contributed by atoms with E-state index < -0.39 is 0 Å². The van der Waals surface area contributed by atoms with Crippen molar-refractivity contribution in [3.8, 4) is 0 Å². The van der Waals surface area contributed by atoms with E-state index in [9.17, 15) is 4.79 Å². The Bertz CT molecular complexity index is 902. The Hall–Kier alpha value is -2.19. The molecule has 2 saturated heterocycles. The predicted molar refractivity (Wildman–Crippen MR) is 105 cm³/mol. The largest absolute Gasteiger partial charge is 0.448 e. The summed E-state index contributed by atoms with van der Waals surface area (Å²) in [5.41, 5.74) is 1.51. The Morgan fingerprint density at radius 3 is 2.83 bits per heavy atom. The quantitative estimate of drug-likeness (QED) is 0.735. The molecule has 8 heteroatoms. The molecule has 0 aromatic carbocycles. The molecule has 5 rings (SSSR count). The normalized spacial score (nSPS) is 27.2. The van der Waals surface area contributed by atoms with Gasteiger partial charge in [0.15, 0.2) is 11.6 Å². The number of hydrogen-bond acceptors (Lipinski definition) is 7. The summed E-state index contributed by atoms with van der Waals surface area (Å²) >= 11 is 0. The van der Waals surface area contributed by atoms with Crippen molar-refractivity contribution in [1.82, 2.24) is 24.8 Å². The van der Waals surface area contributed by atoms with Gasteiger partial charge in [0.25, 0.3) is 5.91 Å². The average Bonchev–Trinajstić information content (AvgIpc) is 2.97. The van der Waals surface area contributed by atoms with Crippen molar-refractivity contribution < 1.29 is 13.7 Å². The van der Waals surface area contributed by atoms with Gasteiger partial charge in [0.2, 0.25) is 0 Å². The molecule has 2 atom stereocenters. The van der Waals surface area contributed by atoms with Crippen molar-refractivity contribution in [2.45, 2.75) is 32.2 Å². The number of aromatic nitrogens is 2. The van der Waals surface area contributed by atoms with Crippen LogP contribution < -0.4 is 0 Å². The van der Waals surface area contributed by atoms with Crippen LogP contribution in [0.15, 0.2) is 21.3 Å². The van der Waals surface area contributed by atoms with Gasteiger partial charge >= 0.3 is 0 Å². The molecule has 2 aliphatic heterocycles. The Balaban J connectivity index is 1.29. The number of carbonyl (C=O) groups excluding carboxylic acids is 1. The molecule has 1 aliphatic carbocycles. The second kappa shape index (κ2) is 6.95. The molecule has 0 unspecified atom stereocenters. The van der Waals surface area contributed by atoms with Crippen LogP contribution in [0.25, 0.3) is 0 Å². The zero-order chi connectivity index (χ0) is 20.2. The highest BCUT2D eigenvalue weighted by molar-refractivity contribution is 5.92. The molecule has 8 nitrogen and oxygen atoms in total. The molecule has 1 saturated carbocycles. The molecule has 0 radical (unpaired) electrons. The zero-order valence-corrected chi connectivity index (χ0v) is 17.4. The predicted octanol–water partition coefficient (Wildman–Crippen LogP) is 1.98. The van der Waals surface area contributed by atoms with Crippen molar-refractivity contribution >= 4 is 5.91 Å². The number of nitrogens with zero attached hydrogens (tertiary/aromatic N) is 5. The van der Waals surface area contributed by atoms with E-state index >= 15 is 0 Å². The Morgan fingerprint density at radius 2 is 2.14 bits per heavy atom. The van der Waals surface area contributed by atoms with Crippen LogP contribution in [0.3, 0.4) is 0 Å². The number of amides is 1. The summed E-state index contributed by atoms with van der Waals surface area (Å²) in [7, 11) is 4.22. The van der Waals surface area contributed by atoms with Crippen LogP contribution in [0.5, 0.6) is 0 Å². The van der Waals surface area contributed by atoms with Crippen molar-refractivity contribution in [1.29, 1.82) is 0 Å². The van der Waals surface area contributed by atoms with E-state index in [4.69, 9.17) is 8.94 Å². The van der Waals surface area contributed by atoms with E-state index in [0.29, 0.717) is 23.4 Å². The van der Waals surface area contributed by atoms with Gasteiger partial charge in [-0.05, 0) is 32.9 Å². The van der Waals surface area contributed by atoms with E-state index in [1.165, 1.54) is 19.1 Å². The van der Waals surface area contributed by atoms with Crippen LogP contribution >= 0.6 is 0 Å². The van der Waals surface area contributed by atoms with Gasteiger partial charge in [0.05, 0.1) is 5.69 Å². The summed E-state index contributed by atoms with van der Waals surface area (Å²) in [5.74, 6) is 2.58. The van der Waals surface area contributed by atoms with E-state index in [-0.39, 0.29) is 11.3 Å². The Kier molecular flexibility index (Phi) is 4.51. The van der Waals surface area contributed by atoms with Gasteiger partial charge in [-0.25, -0.2) is 4.98 Å². The summed E-state index contributed by atoms with van der Waals surface area (Å²) in [6.45, 7) is 6.99. The first-order valence-electron chi connectivity index (χ1n) is 10.5. The average molecular weight is 399 g/mol. The standard InChI is InChI=1S/C21H29N5O3/c1-14-22-18(10-28-14)20(27)26-8-16-7-25(12-21(16,13-26)11-24(2)3)9-17-6-19(29-23-17)15-4-5-15/h6,10,15-16H,4-5,7-9,11-13H2,1-3H3/t16-,21+/m0/s1. The van der Waals surface area contributed by atoms with Crippen molar-refractivity contribution in [2.24, 2.45) is 11.3 Å². The molecule has 4 heterocycles. The van der Waals surface area contributed by atoms with Crippen LogP contribution in [-0.2, 0) is 6.54 Å². The third kappa shape index (κ3) is 3.59.